The maximum atomic E-state index is 11.9. The molecule has 3 aromatic rings. The lowest BCUT2D eigenvalue weighted by Crippen LogP contribution is -2.23. The standard InChI is InChI=1S/C19H19N3O3S/c1-3-4-16(23)20-19-21-17(13-5-7-15(25-2)8-6-13)18(26-19)14-9-11-22(24)12-10-14/h5-12H,3-4H2,1-2H3,(H,20,21,23). The predicted octanol–water partition coefficient (Wildman–Crippen LogP) is 3.86. The van der Waals surface area contributed by atoms with E-state index in [1.807, 2.05) is 31.2 Å². The third-order valence-corrected chi connectivity index (χ3v) is 4.80. The Labute approximate surface area is 155 Å². The molecule has 0 aliphatic heterocycles. The zero-order valence-corrected chi connectivity index (χ0v) is 15.4. The summed E-state index contributed by atoms with van der Waals surface area (Å²) in [5.74, 6) is 0.702. The number of nitrogens with one attached hydrogen (secondary N) is 1. The van der Waals surface area contributed by atoms with Gasteiger partial charge in [-0.3, -0.25) is 4.79 Å². The molecule has 26 heavy (non-hydrogen) atoms. The Morgan fingerprint density at radius 1 is 1.19 bits per heavy atom. The van der Waals surface area contributed by atoms with Gasteiger partial charge in [0.25, 0.3) is 0 Å². The van der Waals surface area contributed by atoms with Crippen LogP contribution in [0.4, 0.5) is 5.13 Å². The number of rotatable bonds is 6. The van der Waals surface area contributed by atoms with Gasteiger partial charge in [0.05, 0.1) is 17.7 Å². The molecule has 2 heterocycles. The van der Waals surface area contributed by atoms with Crippen molar-refractivity contribution in [1.29, 1.82) is 0 Å². The molecule has 0 radical (unpaired) electrons. The zero-order valence-electron chi connectivity index (χ0n) is 14.6. The first kappa shape index (κ1) is 17.9. The molecule has 0 saturated carbocycles. The molecule has 1 aromatic carbocycles. The van der Waals surface area contributed by atoms with E-state index in [0.29, 0.717) is 11.6 Å². The van der Waals surface area contributed by atoms with Crippen molar-refractivity contribution < 1.29 is 14.3 Å². The lowest BCUT2D eigenvalue weighted by Gasteiger charge is -2.04. The third-order valence-electron chi connectivity index (χ3n) is 3.78. The third kappa shape index (κ3) is 4.00. The van der Waals surface area contributed by atoms with E-state index in [1.165, 1.54) is 23.7 Å². The summed E-state index contributed by atoms with van der Waals surface area (Å²) in [7, 11) is 1.62. The molecule has 0 aliphatic carbocycles. The number of aromatic nitrogens is 2. The van der Waals surface area contributed by atoms with Crippen LogP contribution in [0.1, 0.15) is 19.8 Å². The van der Waals surface area contributed by atoms with E-state index in [2.05, 4.69) is 10.3 Å². The highest BCUT2D eigenvalue weighted by Gasteiger charge is 2.17. The van der Waals surface area contributed by atoms with Crippen LogP contribution < -0.4 is 14.8 Å². The van der Waals surface area contributed by atoms with Gasteiger partial charge in [0.2, 0.25) is 5.91 Å². The first-order chi connectivity index (χ1) is 12.6. The minimum absolute atomic E-state index is 0.0560. The molecule has 0 bridgehead atoms. The smallest absolute Gasteiger partial charge is 0.226 e. The molecule has 0 fully saturated rings. The van der Waals surface area contributed by atoms with Gasteiger partial charge in [-0.1, -0.05) is 18.3 Å². The van der Waals surface area contributed by atoms with Crippen LogP contribution in [0.5, 0.6) is 5.75 Å². The van der Waals surface area contributed by atoms with Gasteiger partial charge in [-0.15, -0.1) is 0 Å². The number of thiazole rings is 1. The topological polar surface area (TPSA) is 78.2 Å². The van der Waals surface area contributed by atoms with Crippen molar-refractivity contribution in [3.63, 3.8) is 0 Å². The van der Waals surface area contributed by atoms with Gasteiger partial charge >= 0.3 is 0 Å². The number of benzene rings is 1. The second-order valence-corrected chi connectivity index (χ2v) is 6.67. The van der Waals surface area contributed by atoms with Crippen molar-refractivity contribution in [3.05, 3.63) is 54.0 Å². The van der Waals surface area contributed by atoms with Crippen molar-refractivity contribution in [2.75, 3.05) is 12.4 Å². The van der Waals surface area contributed by atoms with Crippen LogP contribution in [-0.2, 0) is 4.79 Å². The minimum Gasteiger partial charge on any atom is -0.619 e. The molecule has 7 heteroatoms. The van der Waals surface area contributed by atoms with Crippen LogP contribution in [0.2, 0.25) is 0 Å². The molecule has 134 valence electrons. The van der Waals surface area contributed by atoms with Crippen molar-refractivity contribution in [2.45, 2.75) is 19.8 Å². The molecule has 3 rings (SSSR count). The maximum Gasteiger partial charge on any atom is 0.226 e. The molecule has 1 N–H and O–H groups in total. The number of methoxy groups -OCH3 is 1. The molecule has 0 saturated heterocycles. The van der Waals surface area contributed by atoms with Gasteiger partial charge in [0.1, 0.15) is 5.75 Å². The van der Waals surface area contributed by atoms with Crippen molar-refractivity contribution in [2.24, 2.45) is 0 Å². The predicted molar refractivity (Wildman–Crippen MR) is 102 cm³/mol. The van der Waals surface area contributed by atoms with Gasteiger partial charge in [-0.2, -0.15) is 4.73 Å². The molecule has 0 atom stereocenters. The van der Waals surface area contributed by atoms with Gasteiger partial charge in [0, 0.05) is 29.7 Å². The SMILES string of the molecule is CCCC(=O)Nc1nc(-c2ccc(OC)cc2)c(-c2cc[n+]([O-])cc2)s1. The quantitative estimate of drug-likeness (QED) is 0.529. The van der Waals surface area contributed by atoms with E-state index in [-0.39, 0.29) is 5.91 Å². The Morgan fingerprint density at radius 2 is 1.88 bits per heavy atom. The summed E-state index contributed by atoms with van der Waals surface area (Å²) in [4.78, 5) is 17.4. The molecular formula is C19H19N3O3S. The van der Waals surface area contributed by atoms with E-state index in [9.17, 15) is 10.0 Å². The number of anilines is 1. The van der Waals surface area contributed by atoms with Gasteiger partial charge in [-0.05, 0) is 30.7 Å². The van der Waals surface area contributed by atoms with E-state index < -0.39 is 0 Å². The Hall–Kier alpha value is -2.93. The maximum absolute atomic E-state index is 11.9. The highest BCUT2D eigenvalue weighted by molar-refractivity contribution is 7.19. The number of amides is 1. The lowest BCUT2D eigenvalue weighted by molar-refractivity contribution is -0.605. The summed E-state index contributed by atoms with van der Waals surface area (Å²) >= 11 is 1.39. The Balaban J connectivity index is 2.02. The first-order valence-corrected chi connectivity index (χ1v) is 9.06. The molecule has 0 spiro atoms. The number of carbonyl (C=O) groups is 1. The van der Waals surface area contributed by atoms with Gasteiger partial charge in [-0.25, -0.2) is 4.98 Å². The average Bonchev–Trinajstić information content (AvgIpc) is 3.06. The average molecular weight is 369 g/mol. The van der Waals surface area contributed by atoms with E-state index >= 15 is 0 Å². The highest BCUT2D eigenvalue weighted by Crippen LogP contribution is 2.39. The van der Waals surface area contributed by atoms with Crippen LogP contribution >= 0.6 is 11.3 Å². The van der Waals surface area contributed by atoms with Gasteiger partial charge in [0.15, 0.2) is 17.5 Å². The van der Waals surface area contributed by atoms with E-state index in [4.69, 9.17) is 4.74 Å². The number of pyridine rings is 1. The fraction of sp³-hybridized carbons (Fsp3) is 0.211. The van der Waals surface area contributed by atoms with Crippen molar-refractivity contribution in [1.82, 2.24) is 4.98 Å². The fourth-order valence-electron chi connectivity index (χ4n) is 2.49. The molecule has 0 unspecified atom stereocenters. The molecular weight excluding hydrogens is 350 g/mol. The number of ether oxygens (including phenoxy) is 1. The van der Waals surface area contributed by atoms with Crippen LogP contribution in [0, 0.1) is 5.21 Å². The summed E-state index contributed by atoms with van der Waals surface area (Å²) in [5.41, 5.74) is 2.54. The summed E-state index contributed by atoms with van der Waals surface area (Å²) in [5, 5.41) is 14.7. The molecule has 1 amide bonds. The Kier molecular flexibility index (Phi) is 5.48. The van der Waals surface area contributed by atoms with Gasteiger partial charge < -0.3 is 15.3 Å². The largest absolute Gasteiger partial charge is 0.619 e. The fourth-order valence-corrected chi connectivity index (χ4v) is 3.50. The van der Waals surface area contributed by atoms with Crippen LogP contribution in [0.15, 0.2) is 48.8 Å². The number of hydrogen-bond acceptors (Lipinski definition) is 5. The van der Waals surface area contributed by atoms with Crippen molar-refractivity contribution in [3.8, 4) is 27.4 Å². The summed E-state index contributed by atoms with van der Waals surface area (Å²) in [6.07, 6.45) is 4.12. The number of carbonyl (C=O) groups excluding carboxylic acids is 1. The van der Waals surface area contributed by atoms with Crippen LogP contribution in [0.25, 0.3) is 21.7 Å². The summed E-state index contributed by atoms with van der Waals surface area (Å²) in [6, 6.07) is 11.1. The second kappa shape index (κ2) is 7.97. The first-order valence-electron chi connectivity index (χ1n) is 8.25. The lowest BCUT2D eigenvalue weighted by atomic mass is 10.1. The monoisotopic (exact) mass is 369 g/mol. The number of hydrogen-bond donors (Lipinski definition) is 1. The zero-order chi connectivity index (χ0) is 18.5. The second-order valence-electron chi connectivity index (χ2n) is 5.67. The van der Waals surface area contributed by atoms with Crippen LogP contribution in [0.3, 0.4) is 0 Å². The normalized spacial score (nSPS) is 10.5. The Morgan fingerprint density at radius 3 is 2.50 bits per heavy atom. The van der Waals surface area contributed by atoms with E-state index in [1.54, 1.807) is 19.2 Å². The molecule has 0 aliphatic rings. The summed E-state index contributed by atoms with van der Waals surface area (Å²) in [6.45, 7) is 1.96. The Bertz CT molecular complexity index is 889. The summed E-state index contributed by atoms with van der Waals surface area (Å²) < 4.78 is 5.94. The number of nitrogens with zero attached hydrogens (tertiary/aromatic N) is 2. The van der Waals surface area contributed by atoms with Crippen molar-refractivity contribution >= 4 is 22.4 Å². The van der Waals surface area contributed by atoms with E-state index in [0.717, 1.165) is 38.6 Å². The highest BCUT2D eigenvalue weighted by atomic mass is 32.1. The molecule has 2 aromatic heterocycles. The molecule has 6 nitrogen and oxygen atoms in total. The minimum atomic E-state index is -0.0560. The van der Waals surface area contributed by atoms with Crippen LogP contribution in [-0.4, -0.2) is 18.0 Å².